The quantitative estimate of drug-likeness (QED) is 0.0175. The summed E-state index contributed by atoms with van der Waals surface area (Å²) in [5.74, 6) is -4.18. The first kappa shape index (κ1) is 115. The second kappa shape index (κ2) is 72.3. The lowest BCUT2D eigenvalue weighted by molar-refractivity contribution is -0.303. The number of rotatable bonds is 81. The Morgan fingerprint density at radius 1 is 0.419 bits per heavy atom. The highest BCUT2D eigenvalue weighted by molar-refractivity contribution is 7.49. The summed E-state index contributed by atoms with van der Waals surface area (Å²) in [7, 11) is -7.54. The van der Waals surface area contributed by atoms with E-state index < -0.39 is 131 Å². The van der Waals surface area contributed by atoms with Crippen molar-refractivity contribution in [3.8, 4) is 11.5 Å². The Hall–Kier alpha value is -6.16. The molecule has 2 amide bonds. The minimum atomic E-state index is -5.11. The normalized spacial score (nSPS) is 16.8. The van der Waals surface area contributed by atoms with Gasteiger partial charge in [-0.15, -0.1) is 0 Å². The molecule has 23 heteroatoms. The molecule has 0 spiro atoms. The van der Waals surface area contributed by atoms with Crippen molar-refractivity contribution in [2.75, 3.05) is 13.2 Å². The van der Waals surface area contributed by atoms with Crippen LogP contribution < -0.4 is 19.7 Å². The van der Waals surface area contributed by atoms with E-state index in [0.717, 1.165) is 212 Å². The van der Waals surface area contributed by atoms with Crippen LogP contribution in [0.1, 0.15) is 434 Å². The van der Waals surface area contributed by atoms with Crippen molar-refractivity contribution in [3.63, 3.8) is 0 Å². The molecule has 735 valence electrons. The Bertz CT molecular complexity index is 3360. The van der Waals surface area contributed by atoms with Gasteiger partial charge in [-0.2, -0.15) is 0 Å². The molecule has 0 aromatic heterocycles. The van der Waals surface area contributed by atoms with Gasteiger partial charge in [-0.05, 0) is 108 Å². The van der Waals surface area contributed by atoms with Gasteiger partial charge in [0.2, 0.25) is 11.8 Å². The third kappa shape index (κ3) is 54.7. The predicted octanol–water partition coefficient (Wildman–Crippen LogP) is 27.6. The van der Waals surface area contributed by atoms with E-state index in [1.807, 2.05) is 64.2 Å². The zero-order valence-corrected chi connectivity index (χ0v) is 84.3. The number of ether oxygens (including phenoxy) is 8. The summed E-state index contributed by atoms with van der Waals surface area (Å²) in [6.45, 7) is 21.2. The zero-order chi connectivity index (χ0) is 93.7. The Morgan fingerprint density at radius 2 is 0.752 bits per heavy atom. The molecule has 3 aromatic rings. The monoisotopic (exact) mass is 1840 g/mol. The molecule has 21 nitrogen and oxygen atoms in total. The first-order chi connectivity index (χ1) is 62.5. The number of hydrogen-bond acceptors (Lipinski definition) is 19. The number of benzene rings is 3. The Kier molecular flexibility index (Phi) is 64.6. The van der Waals surface area contributed by atoms with Crippen molar-refractivity contribution in [1.29, 1.82) is 0 Å². The number of amides is 2. The van der Waals surface area contributed by atoms with Crippen molar-refractivity contribution in [2.24, 2.45) is 0 Å². The van der Waals surface area contributed by atoms with E-state index in [1.54, 1.807) is 60.7 Å². The van der Waals surface area contributed by atoms with E-state index in [9.17, 15) is 14.4 Å². The lowest BCUT2D eigenvalue weighted by Crippen LogP contribution is -2.76. The van der Waals surface area contributed by atoms with Gasteiger partial charge in [-0.3, -0.25) is 33.3 Å². The van der Waals surface area contributed by atoms with Crippen LogP contribution >= 0.6 is 7.82 Å². The average molecular weight is 1840 g/mol. The van der Waals surface area contributed by atoms with Gasteiger partial charge in [0.25, 0.3) is 0 Å². The Labute approximate surface area is 783 Å². The predicted molar refractivity (Wildman–Crippen MR) is 520 cm³/mol. The fraction of sp³-hybridized carbons (Fsp3) is 0.764. The number of esters is 5. The first-order valence-electron chi connectivity index (χ1n) is 51.6. The Morgan fingerprint density at radius 3 is 1.11 bits per heavy atom. The van der Waals surface area contributed by atoms with Gasteiger partial charge >= 0.3 is 37.7 Å². The van der Waals surface area contributed by atoms with Crippen LogP contribution in [0.5, 0.6) is 11.5 Å². The summed E-state index contributed by atoms with van der Waals surface area (Å²) in [5, 5.41) is 6.23. The molecule has 129 heavy (non-hydrogen) atoms. The molecule has 0 saturated carbocycles. The van der Waals surface area contributed by atoms with Crippen LogP contribution in [0.4, 0.5) is 0 Å². The largest absolute Gasteiger partial charge is 0.588 e. The highest BCUT2D eigenvalue weighted by Gasteiger charge is 2.63. The van der Waals surface area contributed by atoms with Crippen LogP contribution in [-0.2, 0) is 87.2 Å². The summed E-state index contributed by atoms with van der Waals surface area (Å²) in [6.07, 6.45) is 41.6. The smallest absolute Gasteiger partial charge is 0.462 e. The number of phosphoric ester groups is 1. The van der Waals surface area contributed by atoms with E-state index >= 15 is 23.7 Å². The lowest BCUT2D eigenvalue weighted by Gasteiger charge is -2.54. The molecule has 0 unspecified atom stereocenters. The SMILES string of the molecule is CCCCCCCCCCC[C@H](CC(=O)N[C@@H](CO[C@@]1([Si](C)C)O[C@H](COC(C)(C)C)[C@@H](OP(=O)(Oc2ccccc2)Oc2ccccc2)[C@H](OC(=O)C[C@@H](CCCCCCCCCCC)OC(=O)CCCCCCCCC)[C@H]1NC(=O)C[C@@H](CCCCCCCCCCC)OC(=O)CCCCCCCCC)C(=O)OCc1ccccc1)OC(=O)CCCCCCCCC. The van der Waals surface area contributed by atoms with Gasteiger partial charge in [0.05, 0.1) is 38.1 Å². The summed E-state index contributed by atoms with van der Waals surface area (Å²) in [5.41, 5.74) is -2.45. The maximum atomic E-state index is 16.5. The molecule has 0 aliphatic carbocycles. The summed E-state index contributed by atoms with van der Waals surface area (Å²) in [6, 6.07) is 22.4. The molecule has 1 heterocycles. The standard InChI is InChI=1S/C106H178N2O19PSi/c1-12-18-24-30-36-39-45-48-59-75-90(120-97(111)78-66-51-42-33-27-21-15-4)81-95(109)107-93(104(115)117-84-87-69-57-54-58-70-87)85-119-106(129(10)11)103(108-96(110)82-91(76-60-49-46-40-37-31-25-19-13-2)121-98(112)79-67-52-43-34-28-22-16-5)102(123-100(114)83-92(77-61-50-47-41-38-32-26-20-14-3)122-99(113)80-68-53-44-35-29-23-17-6)101(94(124-106)86-118-105(7,8)9)127-128(116,125-88-71-62-55-63-72-88)126-89-73-64-56-65-74-89/h54-58,62-65,69-74,90-94,101-103H,12-53,59-61,66-68,75-86H2,1-11H3,(H,107,109)(H,108,110)/t90-,91-,92-,93+,94-,101-,102+,103-,106-/m1/s1. The lowest BCUT2D eigenvalue weighted by atomic mass is 9.95. The second-order valence-electron chi connectivity index (χ2n) is 37.5. The second-order valence-corrected chi connectivity index (χ2v) is 41.7. The third-order valence-corrected chi connectivity index (χ3v) is 27.5. The third-order valence-electron chi connectivity index (χ3n) is 24.2. The van der Waals surface area contributed by atoms with Crippen LogP contribution in [0.15, 0.2) is 91.0 Å². The highest BCUT2D eigenvalue weighted by atomic mass is 31.2. The van der Waals surface area contributed by atoms with Crippen molar-refractivity contribution in [2.45, 2.75) is 508 Å². The number of nitrogens with one attached hydrogen (secondary N) is 2. The molecular weight excluding hydrogens is 1660 g/mol. The number of unbranched alkanes of at least 4 members (excludes halogenated alkanes) is 42. The summed E-state index contributed by atoms with van der Waals surface area (Å²) in [4.78, 5) is 105. The van der Waals surface area contributed by atoms with Gasteiger partial charge in [0.15, 0.2) is 17.6 Å². The number of hydrogen-bond donors (Lipinski definition) is 2. The average Bonchev–Trinajstić information content (AvgIpc) is 0.735. The molecular formula is C106H178N2O19PSi. The molecule has 1 aliphatic rings. The molecule has 1 radical (unpaired) electrons. The van der Waals surface area contributed by atoms with Crippen LogP contribution in [0, 0.1) is 0 Å². The topological polar surface area (TPSA) is 262 Å². The van der Waals surface area contributed by atoms with E-state index in [2.05, 4.69) is 52.2 Å². The first-order valence-corrected chi connectivity index (χ1v) is 55.6. The van der Waals surface area contributed by atoms with Gasteiger partial charge in [-0.1, -0.05) is 391 Å². The van der Waals surface area contributed by atoms with Crippen molar-refractivity contribution in [1.82, 2.24) is 10.6 Å². The van der Waals surface area contributed by atoms with Gasteiger partial charge in [0, 0.05) is 19.3 Å². The summed E-state index contributed by atoms with van der Waals surface area (Å²) < 4.78 is 90.5. The van der Waals surface area contributed by atoms with Crippen molar-refractivity contribution >= 4 is 58.3 Å². The molecule has 0 bridgehead atoms. The van der Waals surface area contributed by atoms with E-state index in [0.29, 0.717) is 63.4 Å². The van der Waals surface area contributed by atoms with E-state index in [-0.39, 0.29) is 56.8 Å². The zero-order valence-electron chi connectivity index (χ0n) is 82.4. The van der Waals surface area contributed by atoms with Gasteiger partial charge < -0.3 is 57.6 Å². The van der Waals surface area contributed by atoms with Crippen molar-refractivity contribution < 1.29 is 89.6 Å². The van der Waals surface area contributed by atoms with Crippen molar-refractivity contribution in [3.05, 3.63) is 96.6 Å². The minimum absolute atomic E-state index is 0.0839. The van der Waals surface area contributed by atoms with Crippen LogP contribution in [0.2, 0.25) is 13.1 Å². The van der Waals surface area contributed by atoms with Crippen LogP contribution in [-0.4, -0.2) is 123 Å². The molecule has 1 fully saturated rings. The number of carbonyl (C=O) groups excluding carboxylic acids is 7. The minimum Gasteiger partial charge on any atom is -0.462 e. The molecule has 1 aliphatic heterocycles. The maximum Gasteiger partial charge on any atom is 0.588 e. The van der Waals surface area contributed by atoms with Gasteiger partial charge in [-0.25, -0.2) is 9.36 Å². The molecule has 3 aromatic carbocycles. The maximum absolute atomic E-state index is 16.5. The van der Waals surface area contributed by atoms with E-state index in [1.165, 1.54) is 57.8 Å². The van der Waals surface area contributed by atoms with Crippen LogP contribution in [0.3, 0.4) is 0 Å². The molecule has 4 rings (SSSR count). The number of para-hydroxylation sites is 2. The van der Waals surface area contributed by atoms with E-state index in [4.69, 9.17) is 51.5 Å². The number of phosphoric acid groups is 1. The highest BCUT2D eigenvalue weighted by Crippen LogP contribution is 2.54. The fourth-order valence-electron chi connectivity index (χ4n) is 16.6. The Balaban J connectivity index is 2.07. The molecule has 1 saturated heterocycles. The fourth-order valence-corrected chi connectivity index (χ4v) is 19.6. The molecule has 2 N–H and O–H groups in total. The summed E-state index contributed by atoms with van der Waals surface area (Å²) >= 11 is 0. The molecule has 9 atom stereocenters. The number of carbonyl (C=O) groups is 7. The van der Waals surface area contributed by atoms with Crippen LogP contribution in [0.25, 0.3) is 0 Å². The van der Waals surface area contributed by atoms with Gasteiger partial charge in [0.1, 0.15) is 63.5 Å².